The third-order valence-corrected chi connectivity index (χ3v) is 4.58. The van der Waals surface area contributed by atoms with Crippen molar-refractivity contribution in [2.45, 2.75) is 18.9 Å². The van der Waals surface area contributed by atoms with Crippen molar-refractivity contribution in [2.24, 2.45) is 7.05 Å². The van der Waals surface area contributed by atoms with Gasteiger partial charge in [0.25, 0.3) is 0 Å². The molecule has 26 heavy (non-hydrogen) atoms. The lowest BCUT2D eigenvalue weighted by Crippen LogP contribution is -2.38. The van der Waals surface area contributed by atoms with Crippen LogP contribution in [0, 0.1) is 0 Å². The normalized spacial score (nSPS) is 13.4. The van der Waals surface area contributed by atoms with E-state index in [1.54, 1.807) is 31.3 Å². The Kier molecular flexibility index (Phi) is 4.04. The Hall–Kier alpha value is -3.35. The van der Waals surface area contributed by atoms with E-state index in [4.69, 9.17) is 0 Å². The third kappa shape index (κ3) is 3.11. The highest BCUT2D eigenvalue weighted by molar-refractivity contribution is 5.89. The van der Waals surface area contributed by atoms with Crippen molar-refractivity contribution in [1.29, 1.82) is 0 Å². The van der Waals surface area contributed by atoms with E-state index in [9.17, 15) is 9.59 Å². The zero-order chi connectivity index (χ0) is 18.1. The van der Waals surface area contributed by atoms with Gasteiger partial charge in [0.1, 0.15) is 6.33 Å². The molecule has 1 aromatic heterocycles. The Morgan fingerprint density at radius 3 is 2.31 bits per heavy atom. The quantitative estimate of drug-likeness (QED) is 0.757. The number of aromatic nitrogens is 3. The Morgan fingerprint density at radius 2 is 1.73 bits per heavy atom. The molecular formula is C19H19N5O2. The van der Waals surface area contributed by atoms with Crippen LogP contribution in [0.25, 0.3) is 5.69 Å². The number of carbonyl (C=O) groups excluding carboxylic acids is 1. The molecule has 2 amide bonds. The molecule has 2 N–H and O–H groups in total. The van der Waals surface area contributed by atoms with Crippen LogP contribution < -0.4 is 16.3 Å². The summed E-state index contributed by atoms with van der Waals surface area (Å²) in [6.45, 7) is 0. The number of nitrogens with one attached hydrogen (secondary N) is 2. The average molecular weight is 349 g/mol. The van der Waals surface area contributed by atoms with Gasteiger partial charge in [-0.05, 0) is 48.2 Å². The van der Waals surface area contributed by atoms with Crippen molar-refractivity contribution in [3.8, 4) is 5.69 Å². The Bertz CT molecular complexity index is 978. The van der Waals surface area contributed by atoms with Crippen LogP contribution in [0.1, 0.15) is 11.1 Å². The SMILES string of the molecule is Cn1cnn(-c2ccc(NC(=O)NC3Cc4ccccc4C3)cc2)c1=O. The number of aryl methyl sites for hydroxylation is 1. The zero-order valence-electron chi connectivity index (χ0n) is 14.3. The largest absolute Gasteiger partial charge is 0.350 e. The van der Waals surface area contributed by atoms with E-state index in [0.29, 0.717) is 11.4 Å². The summed E-state index contributed by atoms with van der Waals surface area (Å²) in [5.41, 5.74) is 3.67. The van der Waals surface area contributed by atoms with Crippen LogP contribution >= 0.6 is 0 Å². The maximum Gasteiger partial charge on any atom is 0.350 e. The first kappa shape index (κ1) is 16.1. The third-order valence-electron chi connectivity index (χ3n) is 4.58. The fourth-order valence-electron chi connectivity index (χ4n) is 3.25. The molecule has 4 rings (SSSR count). The van der Waals surface area contributed by atoms with Gasteiger partial charge in [-0.2, -0.15) is 9.78 Å². The van der Waals surface area contributed by atoms with E-state index in [1.165, 1.54) is 26.7 Å². The number of fused-ring (bicyclic) bond motifs is 1. The van der Waals surface area contributed by atoms with E-state index in [-0.39, 0.29) is 17.8 Å². The highest BCUT2D eigenvalue weighted by atomic mass is 16.2. The second-order valence-electron chi connectivity index (χ2n) is 6.46. The highest BCUT2D eigenvalue weighted by Crippen LogP contribution is 2.21. The van der Waals surface area contributed by atoms with Crippen LogP contribution in [0.5, 0.6) is 0 Å². The molecular weight excluding hydrogens is 330 g/mol. The van der Waals surface area contributed by atoms with Crippen molar-refractivity contribution in [3.63, 3.8) is 0 Å². The molecule has 1 heterocycles. The van der Waals surface area contributed by atoms with Gasteiger partial charge in [-0.3, -0.25) is 4.57 Å². The molecule has 0 unspecified atom stereocenters. The lowest BCUT2D eigenvalue weighted by Gasteiger charge is -2.13. The molecule has 1 aliphatic rings. The van der Waals surface area contributed by atoms with Gasteiger partial charge >= 0.3 is 11.7 Å². The summed E-state index contributed by atoms with van der Waals surface area (Å²) >= 11 is 0. The van der Waals surface area contributed by atoms with Crippen LogP contribution in [-0.2, 0) is 19.9 Å². The molecule has 1 aliphatic carbocycles. The summed E-state index contributed by atoms with van der Waals surface area (Å²) in [7, 11) is 1.65. The second-order valence-corrected chi connectivity index (χ2v) is 6.46. The Balaban J connectivity index is 1.38. The van der Waals surface area contributed by atoms with Crippen molar-refractivity contribution in [3.05, 3.63) is 76.5 Å². The molecule has 0 spiro atoms. The molecule has 7 nitrogen and oxygen atoms in total. The Labute approximate surface area is 150 Å². The standard InChI is InChI=1S/C19H19N5O2/c1-23-12-20-24(19(23)26)17-8-6-15(7-9-17)21-18(25)22-16-10-13-4-2-3-5-14(13)11-16/h2-9,12,16H,10-11H2,1H3,(H2,21,22,25). The summed E-state index contributed by atoms with van der Waals surface area (Å²) in [4.78, 5) is 24.1. The van der Waals surface area contributed by atoms with Crippen LogP contribution in [0.3, 0.4) is 0 Å². The predicted octanol–water partition coefficient (Wildman–Crippen LogP) is 1.86. The predicted molar refractivity (Wildman–Crippen MR) is 98.6 cm³/mol. The average Bonchev–Trinajstić information content (AvgIpc) is 3.19. The van der Waals surface area contributed by atoms with E-state index >= 15 is 0 Å². The summed E-state index contributed by atoms with van der Waals surface area (Å²) < 4.78 is 2.71. The summed E-state index contributed by atoms with van der Waals surface area (Å²) in [5, 5.41) is 9.87. The summed E-state index contributed by atoms with van der Waals surface area (Å²) in [6.07, 6.45) is 3.16. The molecule has 2 aromatic carbocycles. The smallest absolute Gasteiger partial charge is 0.334 e. The van der Waals surface area contributed by atoms with Crippen molar-refractivity contribution in [1.82, 2.24) is 19.7 Å². The molecule has 3 aromatic rings. The minimum Gasteiger partial charge on any atom is -0.334 e. The minimum atomic E-state index is -0.231. The molecule has 132 valence electrons. The van der Waals surface area contributed by atoms with Crippen LogP contribution in [0.4, 0.5) is 10.5 Å². The number of benzene rings is 2. The molecule has 0 atom stereocenters. The van der Waals surface area contributed by atoms with Gasteiger partial charge in [-0.1, -0.05) is 24.3 Å². The number of hydrogen-bond donors (Lipinski definition) is 2. The van der Waals surface area contributed by atoms with E-state index in [0.717, 1.165) is 12.8 Å². The monoisotopic (exact) mass is 349 g/mol. The highest BCUT2D eigenvalue weighted by Gasteiger charge is 2.22. The first-order valence-corrected chi connectivity index (χ1v) is 8.45. The minimum absolute atomic E-state index is 0.110. The van der Waals surface area contributed by atoms with Crippen LogP contribution in [0.2, 0.25) is 0 Å². The topological polar surface area (TPSA) is 81.0 Å². The lowest BCUT2D eigenvalue weighted by molar-refractivity contribution is 0.249. The van der Waals surface area contributed by atoms with Gasteiger partial charge in [-0.25, -0.2) is 9.59 Å². The van der Waals surface area contributed by atoms with E-state index < -0.39 is 0 Å². The summed E-state index contributed by atoms with van der Waals surface area (Å²) in [5.74, 6) is 0. The molecule has 0 fully saturated rings. The second kappa shape index (κ2) is 6.51. The molecule has 0 aliphatic heterocycles. The number of nitrogens with zero attached hydrogens (tertiary/aromatic N) is 3. The number of rotatable bonds is 3. The fraction of sp³-hybridized carbons (Fsp3) is 0.211. The van der Waals surface area contributed by atoms with E-state index in [1.807, 2.05) is 12.1 Å². The van der Waals surface area contributed by atoms with Gasteiger partial charge in [0.15, 0.2) is 0 Å². The fourth-order valence-corrected chi connectivity index (χ4v) is 3.25. The molecule has 0 saturated carbocycles. The van der Waals surface area contributed by atoms with Gasteiger partial charge in [0.2, 0.25) is 0 Å². The number of anilines is 1. The lowest BCUT2D eigenvalue weighted by atomic mass is 10.1. The van der Waals surface area contributed by atoms with Crippen molar-refractivity contribution >= 4 is 11.7 Å². The van der Waals surface area contributed by atoms with Crippen molar-refractivity contribution in [2.75, 3.05) is 5.32 Å². The number of carbonyl (C=O) groups is 1. The van der Waals surface area contributed by atoms with Gasteiger partial charge in [-0.15, -0.1) is 0 Å². The van der Waals surface area contributed by atoms with E-state index in [2.05, 4.69) is 27.9 Å². The summed E-state index contributed by atoms with van der Waals surface area (Å²) in [6, 6.07) is 15.1. The van der Waals surface area contributed by atoms with Gasteiger partial charge < -0.3 is 10.6 Å². The Morgan fingerprint density at radius 1 is 1.08 bits per heavy atom. The van der Waals surface area contributed by atoms with Gasteiger partial charge in [0.05, 0.1) is 5.69 Å². The maximum absolute atomic E-state index is 12.2. The number of amides is 2. The number of urea groups is 1. The first-order chi connectivity index (χ1) is 12.6. The molecule has 0 radical (unpaired) electrons. The van der Waals surface area contributed by atoms with Crippen LogP contribution in [-0.4, -0.2) is 26.4 Å². The molecule has 7 heteroatoms. The zero-order valence-corrected chi connectivity index (χ0v) is 14.3. The molecule has 0 saturated heterocycles. The number of hydrogen-bond acceptors (Lipinski definition) is 3. The van der Waals surface area contributed by atoms with Gasteiger partial charge in [0, 0.05) is 18.8 Å². The maximum atomic E-state index is 12.2. The van der Waals surface area contributed by atoms with Crippen LogP contribution in [0.15, 0.2) is 59.7 Å². The first-order valence-electron chi connectivity index (χ1n) is 8.45. The van der Waals surface area contributed by atoms with Crippen molar-refractivity contribution < 1.29 is 4.79 Å². The molecule has 0 bridgehead atoms.